The van der Waals surface area contributed by atoms with Crippen LogP contribution < -0.4 is 11.1 Å². The third-order valence-corrected chi connectivity index (χ3v) is 7.00. The van der Waals surface area contributed by atoms with Crippen molar-refractivity contribution in [2.24, 2.45) is 12.8 Å². The van der Waals surface area contributed by atoms with Crippen molar-refractivity contribution in [2.75, 3.05) is 0 Å². The summed E-state index contributed by atoms with van der Waals surface area (Å²) < 4.78 is 18.2. The highest BCUT2D eigenvalue weighted by Gasteiger charge is 2.36. The molecular formula is C26H23FN4O2. The summed E-state index contributed by atoms with van der Waals surface area (Å²) in [6.07, 6.45) is 6.36. The average molecular weight is 442 g/mol. The number of amides is 2. The van der Waals surface area contributed by atoms with Crippen LogP contribution in [0.15, 0.2) is 54.9 Å². The van der Waals surface area contributed by atoms with Crippen LogP contribution in [-0.4, -0.2) is 27.0 Å². The lowest BCUT2D eigenvalue weighted by molar-refractivity contribution is -0.122. The second kappa shape index (κ2) is 7.15. The van der Waals surface area contributed by atoms with Gasteiger partial charge in [0.2, 0.25) is 0 Å². The van der Waals surface area contributed by atoms with Crippen LogP contribution in [-0.2, 0) is 16.6 Å². The maximum Gasteiger partial charge on any atom is 0.259 e. The van der Waals surface area contributed by atoms with Gasteiger partial charge in [0.05, 0.1) is 16.7 Å². The van der Waals surface area contributed by atoms with E-state index in [1.165, 1.54) is 12.1 Å². The molecule has 2 aromatic heterocycles. The summed E-state index contributed by atoms with van der Waals surface area (Å²) in [7, 11) is 1.92. The second-order valence-corrected chi connectivity index (χ2v) is 9.04. The van der Waals surface area contributed by atoms with Crippen LogP contribution >= 0.6 is 0 Å². The summed E-state index contributed by atoms with van der Waals surface area (Å²) in [5.74, 6) is -1.20. The van der Waals surface area contributed by atoms with E-state index in [1.54, 1.807) is 6.07 Å². The molecule has 1 aliphatic carbocycles. The van der Waals surface area contributed by atoms with Crippen LogP contribution in [0.3, 0.4) is 0 Å². The third kappa shape index (κ3) is 2.96. The third-order valence-electron chi connectivity index (χ3n) is 7.00. The molecule has 1 aliphatic heterocycles. The Morgan fingerprint density at radius 2 is 1.64 bits per heavy atom. The minimum absolute atomic E-state index is 0.103. The molecule has 3 N–H and O–H groups in total. The summed E-state index contributed by atoms with van der Waals surface area (Å²) in [6.45, 7) is 0. The van der Waals surface area contributed by atoms with Gasteiger partial charge in [0, 0.05) is 58.9 Å². The van der Waals surface area contributed by atoms with Crippen LogP contribution in [0, 0.1) is 5.82 Å². The zero-order valence-electron chi connectivity index (χ0n) is 18.1. The minimum atomic E-state index is -0.436. The SMILES string of the molecule is Cn1cc(C2=C(c3cn(C4CCC(N)C4)c4cc(F)ccc34)C(=O)NC2=O)c2ccccc21. The molecular weight excluding hydrogens is 419 g/mol. The van der Waals surface area contributed by atoms with Crippen LogP contribution in [0.5, 0.6) is 0 Å². The topological polar surface area (TPSA) is 82.0 Å². The summed E-state index contributed by atoms with van der Waals surface area (Å²) in [6, 6.07) is 12.6. The normalized spacial score (nSPS) is 21.1. The second-order valence-electron chi connectivity index (χ2n) is 9.04. The lowest BCUT2D eigenvalue weighted by atomic mass is 9.95. The molecule has 7 heteroatoms. The van der Waals surface area contributed by atoms with Crippen molar-refractivity contribution < 1.29 is 14.0 Å². The smallest absolute Gasteiger partial charge is 0.259 e. The Hall–Kier alpha value is -3.71. The van der Waals surface area contributed by atoms with Crippen LogP contribution in [0.25, 0.3) is 33.0 Å². The van der Waals surface area contributed by atoms with Crippen LogP contribution in [0.4, 0.5) is 4.39 Å². The highest BCUT2D eigenvalue weighted by atomic mass is 19.1. The van der Waals surface area contributed by atoms with E-state index in [2.05, 4.69) is 5.32 Å². The van der Waals surface area contributed by atoms with Crippen molar-refractivity contribution in [1.82, 2.24) is 14.5 Å². The highest BCUT2D eigenvalue weighted by molar-refractivity contribution is 6.50. The molecule has 2 aliphatic rings. The van der Waals surface area contributed by atoms with Crippen molar-refractivity contribution in [2.45, 2.75) is 31.3 Å². The van der Waals surface area contributed by atoms with Gasteiger partial charge >= 0.3 is 0 Å². The molecule has 2 amide bonds. The lowest BCUT2D eigenvalue weighted by Crippen LogP contribution is -2.22. The maximum atomic E-state index is 14.2. The number of nitrogens with two attached hydrogens (primary N) is 1. The largest absolute Gasteiger partial charge is 0.350 e. The van der Waals surface area contributed by atoms with E-state index in [-0.39, 0.29) is 17.9 Å². The van der Waals surface area contributed by atoms with Gasteiger partial charge in [-0.05, 0) is 43.5 Å². The van der Waals surface area contributed by atoms with Gasteiger partial charge in [0.25, 0.3) is 11.8 Å². The van der Waals surface area contributed by atoms with Gasteiger partial charge in [-0.2, -0.15) is 0 Å². The number of carbonyl (C=O) groups excluding carboxylic acids is 2. The first kappa shape index (κ1) is 19.9. The van der Waals surface area contributed by atoms with Gasteiger partial charge in [-0.3, -0.25) is 14.9 Å². The number of imide groups is 1. The van der Waals surface area contributed by atoms with Gasteiger partial charge in [-0.25, -0.2) is 4.39 Å². The Morgan fingerprint density at radius 1 is 0.939 bits per heavy atom. The Labute approximate surface area is 189 Å². The van der Waals surface area contributed by atoms with E-state index in [0.717, 1.165) is 35.6 Å². The molecule has 2 unspecified atom stereocenters. The van der Waals surface area contributed by atoms with Crippen molar-refractivity contribution in [3.8, 4) is 0 Å². The van der Waals surface area contributed by atoms with Gasteiger partial charge in [0.1, 0.15) is 5.82 Å². The number of rotatable bonds is 3. The van der Waals surface area contributed by atoms with E-state index in [1.807, 2.05) is 52.8 Å². The molecule has 4 aromatic rings. The molecule has 1 saturated carbocycles. The van der Waals surface area contributed by atoms with Crippen LogP contribution in [0.1, 0.15) is 36.4 Å². The van der Waals surface area contributed by atoms with E-state index in [4.69, 9.17) is 5.73 Å². The number of halogens is 1. The van der Waals surface area contributed by atoms with Crippen molar-refractivity contribution in [3.63, 3.8) is 0 Å². The number of aromatic nitrogens is 2. The molecule has 0 radical (unpaired) electrons. The standard InChI is InChI=1S/C26H23FN4O2/c1-30-12-19(17-4-2-3-5-21(17)30)23-24(26(33)29-25(23)32)20-13-31(16-8-7-15(28)11-16)22-10-14(27)6-9-18(20)22/h2-6,9-10,12-13,15-16H,7-8,11,28H2,1H3,(H,29,32,33). The predicted molar refractivity (Wildman–Crippen MR) is 126 cm³/mol. The average Bonchev–Trinajstić information content (AvgIpc) is 3.52. The quantitative estimate of drug-likeness (QED) is 0.472. The molecule has 33 heavy (non-hydrogen) atoms. The summed E-state index contributed by atoms with van der Waals surface area (Å²) >= 11 is 0. The number of nitrogens with one attached hydrogen (secondary N) is 1. The highest BCUT2D eigenvalue weighted by Crippen LogP contribution is 2.41. The molecule has 2 atom stereocenters. The van der Waals surface area contributed by atoms with Gasteiger partial charge in [0.15, 0.2) is 0 Å². The number of benzene rings is 2. The number of para-hydroxylation sites is 1. The fraction of sp³-hybridized carbons (Fsp3) is 0.231. The van der Waals surface area contributed by atoms with Crippen molar-refractivity contribution in [3.05, 3.63) is 71.8 Å². The summed E-state index contributed by atoms with van der Waals surface area (Å²) in [5.41, 5.74) is 9.85. The number of nitrogens with zero attached hydrogens (tertiary/aromatic N) is 2. The molecule has 0 bridgehead atoms. The summed E-state index contributed by atoms with van der Waals surface area (Å²) in [5, 5.41) is 4.13. The lowest BCUT2D eigenvalue weighted by Gasteiger charge is -2.13. The number of hydrogen-bond acceptors (Lipinski definition) is 3. The number of carbonyl (C=O) groups is 2. The fourth-order valence-electron chi connectivity index (χ4n) is 5.48. The minimum Gasteiger partial charge on any atom is -0.350 e. The molecule has 0 saturated heterocycles. The van der Waals surface area contributed by atoms with Crippen LogP contribution in [0.2, 0.25) is 0 Å². The first-order chi connectivity index (χ1) is 15.9. The van der Waals surface area contributed by atoms with Crippen molar-refractivity contribution in [1.29, 1.82) is 0 Å². The molecule has 2 aromatic carbocycles. The van der Waals surface area contributed by atoms with Gasteiger partial charge < -0.3 is 14.9 Å². The fourth-order valence-corrected chi connectivity index (χ4v) is 5.48. The van der Waals surface area contributed by atoms with Gasteiger partial charge in [-0.1, -0.05) is 18.2 Å². The first-order valence-electron chi connectivity index (χ1n) is 11.1. The number of aryl methyl sites for hydroxylation is 1. The zero-order chi connectivity index (χ0) is 22.9. The first-order valence-corrected chi connectivity index (χ1v) is 11.1. The Morgan fingerprint density at radius 3 is 2.36 bits per heavy atom. The Kier molecular flexibility index (Phi) is 4.32. The molecule has 166 valence electrons. The summed E-state index contributed by atoms with van der Waals surface area (Å²) in [4.78, 5) is 26.1. The van der Waals surface area contributed by atoms with E-state index < -0.39 is 11.8 Å². The molecule has 3 heterocycles. The van der Waals surface area contributed by atoms with E-state index in [0.29, 0.717) is 27.8 Å². The number of hydrogen-bond donors (Lipinski definition) is 2. The van der Waals surface area contributed by atoms with E-state index >= 15 is 0 Å². The Bertz CT molecular complexity index is 1510. The molecule has 6 nitrogen and oxygen atoms in total. The zero-order valence-corrected chi connectivity index (χ0v) is 18.1. The van der Waals surface area contributed by atoms with E-state index in [9.17, 15) is 14.0 Å². The predicted octanol–water partition coefficient (Wildman–Crippen LogP) is 3.89. The molecule has 6 rings (SSSR count). The maximum absolute atomic E-state index is 14.2. The molecule has 1 fully saturated rings. The molecule has 0 spiro atoms. The van der Waals surface area contributed by atoms with Crippen molar-refractivity contribution >= 4 is 44.8 Å². The Balaban J connectivity index is 1.64. The number of fused-ring (bicyclic) bond motifs is 2. The van der Waals surface area contributed by atoms with Gasteiger partial charge in [-0.15, -0.1) is 0 Å². The monoisotopic (exact) mass is 442 g/mol.